The van der Waals surface area contributed by atoms with Crippen molar-refractivity contribution >= 4 is 17.5 Å². The highest BCUT2D eigenvalue weighted by Gasteiger charge is 2.09. The van der Waals surface area contributed by atoms with E-state index in [2.05, 4.69) is 23.3 Å². The van der Waals surface area contributed by atoms with E-state index in [4.69, 9.17) is 11.6 Å². The van der Waals surface area contributed by atoms with Crippen LogP contribution in [0.1, 0.15) is 24.2 Å². The van der Waals surface area contributed by atoms with E-state index >= 15 is 0 Å². The summed E-state index contributed by atoms with van der Waals surface area (Å²) in [6.07, 6.45) is 1.99. The summed E-state index contributed by atoms with van der Waals surface area (Å²) >= 11 is 5.98. The van der Waals surface area contributed by atoms with Crippen molar-refractivity contribution < 1.29 is 0 Å². The minimum absolute atomic E-state index is 0.175. The van der Waals surface area contributed by atoms with E-state index in [1.165, 1.54) is 0 Å². The van der Waals surface area contributed by atoms with Gasteiger partial charge in [-0.1, -0.05) is 23.7 Å². The van der Waals surface area contributed by atoms with Crippen LogP contribution in [0, 0.1) is 6.92 Å². The molecule has 0 aliphatic heterocycles. The lowest BCUT2D eigenvalue weighted by atomic mass is 10.1. The Hall–Kier alpha value is -1.48. The smallest absolute Gasteiger partial charge is 0.203 e. The molecule has 0 fully saturated rings. The third-order valence-electron chi connectivity index (χ3n) is 2.69. The van der Waals surface area contributed by atoms with Gasteiger partial charge in [-0.2, -0.15) is 0 Å². The maximum absolute atomic E-state index is 5.98. The van der Waals surface area contributed by atoms with Crippen molar-refractivity contribution in [3.8, 4) is 0 Å². The summed E-state index contributed by atoms with van der Waals surface area (Å²) in [4.78, 5) is 4.42. The molecule has 1 N–H and O–H groups in total. The van der Waals surface area contributed by atoms with Crippen molar-refractivity contribution in [1.82, 2.24) is 9.55 Å². The molecule has 3 nitrogen and oxygen atoms in total. The molecule has 1 unspecified atom stereocenters. The maximum atomic E-state index is 5.98. The second-order valence-electron chi connectivity index (χ2n) is 4.24. The number of benzene rings is 1. The number of aryl methyl sites for hydroxylation is 2. The maximum Gasteiger partial charge on any atom is 0.203 e. The van der Waals surface area contributed by atoms with E-state index in [0.717, 1.165) is 22.2 Å². The van der Waals surface area contributed by atoms with Gasteiger partial charge in [0, 0.05) is 18.3 Å². The molecule has 17 heavy (non-hydrogen) atoms. The van der Waals surface area contributed by atoms with Gasteiger partial charge in [-0.15, -0.1) is 0 Å². The fraction of sp³-hybridized carbons (Fsp3) is 0.308. The molecule has 0 bridgehead atoms. The van der Waals surface area contributed by atoms with Crippen molar-refractivity contribution in [2.24, 2.45) is 7.05 Å². The zero-order valence-electron chi connectivity index (χ0n) is 10.2. The highest BCUT2D eigenvalue weighted by atomic mass is 35.5. The van der Waals surface area contributed by atoms with Gasteiger partial charge in [0.25, 0.3) is 0 Å². The first-order valence-corrected chi connectivity index (χ1v) is 5.96. The lowest BCUT2D eigenvalue weighted by Gasteiger charge is -2.15. The number of aromatic nitrogens is 2. The molecule has 0 aliphatic carbocycles. The first-order chi connectivity index (χ1) is 8.06. The molecule has 0 aliphatic rings. The molecule has 1 atom stereocenters. The van der Waals surface area contributed by atoms with Crippen LogP contribution in [0.4, 0.5) is 5.95 Å². The molecule has 0 amide bonds. The molecule has 0 saturated heterocycles. The Morgan fingerprint density at radius 2 is 2.18 bits per heavy atom. The van der Waals surface area contributed by atoms with E-state index in [9.17, 15) is 0 Å². The van der Waals surface area contributed by atoms with Gasteiger partial charge in [-0.05, 0) is 31.5 Å². The summed E-state index contributed by atoms with van der Waals surface area (Å²) in [5.74, 6) is 0.870. The summed E-state index contributed by atoms with van der Waals surface area (Å²) in [6.45, 7) is 4.07. The van der Waals surface area contributed by atoms with Crippen LogP contribution < -0.4 is 5.32 Å². The molecule has 1 aromatic heterocycles. The number of nitrogens with zero attached hydrogens (tertiary/aromatic N) is 2. The summed E-state index contributed by atoms with van der Waals surface area (Å²) in [6, 6.07) is 8.03. The van der Waals surface area contributed by atoms with Crippen molar-refractivity contribution in [2.75, 3.05) is 5.32 Å². The second kappa shape index (κ2) is 4.80. The van der Waals surface area contributed by atoms with E-state index < -0.39 is 0 Å². The Balaban J connectivity index is 2.16. The predicted molar refractivity (Wildman–Crippen MR) is 71.4 cm³/mol. The number of imidazole rings is 1. The topological polar surface area (TPSA) is 29.9 Å². The quantitative estimate of drug-likeness (QED) is 0.902. The molecule has 0 radical (unpaired) electrons. The van der Waals surface area contributed by atoms with Gasteiger partial charge in [0.2, 0.25) is 5.95 Å². The number of halogens is 1. The lowest BCUT2D eigenvalue weighted by molar-refractivity contribution is 0.823. The van der Waals surface area contributed by atoms with Crippen LogP contribution in [0.5, 0.6) is 0 Å². The highest BCUT2D eigenvalue weighted by molar-refractivity contribution is 6.30. The first kappa shape index (κ1) is 12.0. The molecule has 1 heterocycles. The van der Waals surface area contributed by atoms with E-state index in [-0.39, 0.29) is 6.04 Å². The Labute approximate surface area is 106 Å². The molecule has 2 aromatic rings. The van der Waals surface area contributed by atoms with Gasteiger partial charge in [-0.3, -0.25) is 0 Å². The van der Waals surface area contributed by atoms with Crippen LogP contribution in [-0.4, -0.2) is 9.55 Å². The molecular weight excluding hydrogens is 234 g/mol. The largest absolute Gasteiger partial charge is 0.349 e. The normalized spacial score (nSPS) is 12.5. The third-order valence-corrected chi connectivity index (χ3v) is 2.93. The SMILES string of the molecule is Cc1cn(C)c(NC(C)c2cccc(Cl)c2)n1. The molecule has 90 valence electrons. The minimum atomic E-state index is 0.175. The fourth-order valence-corrected chi connectivity index (χ4v) is 2.00. The average molecular weight is 250 g/mol. The first-order valence-electron chi connectivity index (χ1n) is 5.58. The summed E-state index contributed by atoms with van der Waals surface area (Å²) in [7, 11) is 1.98. The van der Waals surface area contributed by atoms with Crippen LogP contribution >= 0.6 is 11.6 Å². The summed E-state index contributed by atoms with van der Waals surface area (Å²) in [5.41, 5.74) is 2.16. The zero-order chi connectivity index (χ0) is 12.4. The standard InChI is InChI=1S/C13H16ClN3/c1-9-8-17(3)13(15-9)16-10(2)11-5-4-6-12(14)7-11/h4-8,10H,1-3H3,(H,15,16). The number of rotatable bonds is 3. The Morgan fingerprint density at radius 3 is 2.76 bits per heavy atom. The Bertz CT molecular complexity index is 519. The van der Waals surface area contributed by atoms with Gasteiger partial charge < -0.3 is 9.88 Å². The number of nitrogens with one attached hydrogen (secondary N) is 1. The van der Waals surface area contributed by atoms with Crippen molar-refractivity contribution in [2.45, 2.75) is 19.9 Å². The molecular formula is C13H16ClN3. The lowest BCUT2D eigenvalue weighted by Crippen LogP contribution is -2.10. The van der Waals surface area contributed by atoms with Gasteiger partial charge in [0.1, 0.15) is 0 Å². The summed E-state index contributed by atoms with van der Waals surface area (Å²) < 4.78 is 1.98. The minimum Gasteiger partial charge on any atom is -0.349 e. The second-order valence-corrected chi connectivity index (χ2v) is 4.67. The van der Waals surface area contributed by atoms with Crippen molar-refractivity contribution in [3.05, 3.63) is 46.7 Å². The Kier molecular flexibility index (Phi) is 3.38. The van der Waals surface area contributed by atoms with Gasteiger partial charge in [0.05, 0.1) is 11.7 Å². The Morgan fingerprint density at radius 1 is 1.41 bits per heavy atom. The monoisotopic (exact) mass is 249 g/mol. The zero-order valence-corrected chi connectivity index (χ0v) is 11.0. The molecule has 4 heteroatoms. The van der Waals surface area contributed by atoms with Gasteiger partial charge in [0.15, 0.2) is 0 Å². The van der Waals surface area contributed by atoms with Crippen LogP contribution in [0.3, 0.4) is 0 Å². The van der Waals surface area contributed by atoms with E-state index in [1.54, 1.807) is 0 Å². The third kappa shape index (κ3) is 2.80. The average Bonchev–Trinajstić information content (AvgIpc) is 2.57. The van der Waals surface area contributed by atoms with Gasteiger partial charge >= 0.3 is 0 Å². The molecule has 0 saturated carbocycles. The van der Waals surface area contributed by atoms with E-state index in [0.29, 0.717) is 0 Å². The van der Waals surface area contributed by atoms with Crippen molar-refractivity contribution in [3.63, 3.8) is 0 Å². The van der Waals surface area contributed by atoms with Gasteiger partial charge in [-0.25, -0.2) is 4.98 Å². The van der Waals surface area contributed by atoms with Crippen LogP contribution in [-0.2, 0) is 7.05 Å². The van der Waals surface area contributed by atoms with Crippen LogP contribution in [0.2, 0.25) is 5.02 Å². The predicted octanol–water partition coefficient (Wildman–Crippen LogP) is 3.56. The van der Waals surface area contributed by atoms with Crippen molar-refractivity contribution in [1.29, 1.82) is 0 Å². The van der Waals surface area contributed by atoms with Crippen LogP contribution in [0.15, 0.2) is 30.5 Å². The highest BCUT2D eigenvalue weighted by Crippen LogP contribution is 2.21. The summed E-state index contributed by atoms with van der Waals surface area (Å²) in [5, 5.41) is 4.12. The van der Waals surface area contributed by atoms with Crippen LogP contribution in [0.25, 0.3) is 0 Å². The van der Waals surface area contributed by atoms with E-state index in [1.807, 2.05) is 42.9 Å². The number of hydrogen-bond donors (Lipinski definition) is 1. The molecule has 2 rings (SSSR count). The molecule has 1 aromatic carbocycles. The number of anilines is 1. The molecule has 0 spiro atoms. The number of hydrogen-bond acceptors (Lipinski definition) is 2. The fourth-order valence-electron chi connectivity index (χ4n) is 1.80.